The lowest BCUT2D eigenvalue weighted by Gasteiger charge is -2.31. The van der Waals surface area contributed by atoms with E-state index < -0.39 is 22.0 Å². The minimum atomic E-state index is -3.81. The van der Waals surface area contributed by atoms with Gasteiger partial charge in [0.25, 0.3) is 10.0 Å². The molecular formula is C23H23NO5S. The first-order valence-electron chi connectivity index (χ1n) is 9.69. The van der Waals surface area contributed by atoms with Gasteiger partial charge in [0.1, 0.15) is 12.4 Å². The number of esters is 1. The minimum absolute atomic E-state index is 0.0720. The Labute approximate surface area is 176 Å². The molecule has 0 amide bonds. The van der Waals surface area contributed by atoms with E-state index >= 15 is 0 Å². The molecule has 0 saturated heterocycles. The van der Waals surface area contributed by atoms with E-state index in [0.717, 1.165) is 11.1 Å². The number of allylic oxidation sites excluding steroid dienone is 1. The van der Waals surface area contributed by atoms with E-state index in [1.54, 1.807) is 30.5 Å². The molecule has 156 valence electrons. The number of carbonyl (C=O) groups is 1. The minimum Gasteiger partial charge on any atom is -0.489 e. The van der Waals surface area contributed by atoms with E-state index in [4.69, 9.17) is 9.47 Å². The van der Waals surface area contributed by atoms with Crippen molar-refractivity contribution in [1.29, 1.82) is 0 Å². The highest BCUT2D eigenvalue weighted by molar-refractivity contribution is 7.89. The van der Waals surface area contributed by atoms with E-state index in [0.29, 0.717) is 17.7 Å². The number of para-hydroxylation sites is 1. The van der Waals surface area contributed by atoms with Gasteiger partial charge in [-0.25, -0.2) is 13.2 Å². The molecule has 0 unspecified atom stereocenters. The lowest BCUT2D eigenvalue weighted by atomic mass is 10.00. The summed E-state index contributed by atoms with van der Waals surface area (Å²) >= 11 is 0. The van der Waals surface area contributed by atoms with Crippen LogP contribution >= 0.6 is 0 Å². The highest BCUT2D eigenvalue weighted by Gasteiger charge is 2.45. The van der Waals surface area contributed by atoms with Crippen molar-refractivity contribution in [3.63, 3.8) is 0 Å². The molecule has 2 aromatic carbocycles. The fraction of sp³-hybridized carbons (Fsp3) is 0.261. The van der Waals surface area contributed by atoms with E-state index in [2.05, 4.69) is 0 Å². The molecular weight excluding hydrogens is 402 g/mol. The quantitative estimate of drug-likeness (QED) is 0.663. The van der Waals surface area contributed by atoms with Crippen molar-refractivity contribution in [3.8, 4) is 5.75 Å². The number of aryl methyl sites for hydroxylation is 1. The summed E-state index contributed by atoms with van der Waals surface area (Å²) in [5.41, 5.74) is 2.09. The Kier molecular flexibility index (Phi) is 5.39. The molecule has 30 heavy (non-hydrogen) atoms. The van der Waals surface area contributed by atoms with Crippen LogP contribution in [0.15, 0.2) is 82.9 Å². The number of fused-ring (bicyclic) bond motifs is 2. The Hall–Kier alpha value is -3.06. The predicted octanol–water partition coefficient (Wildman–Crippen LogP) is 3.45. The molecule has 2 aromatic rings. The number of methoxy groups -OCH3 is 1. The van der Waals surface area contributed by atoms with Crippen LogP contribution in [0.3, 0.4) is 0 Å². The average molecular weight is 426 g/mol. The third-order valence-electron chi connectivity index (χ3n) is 5.52. The highest BCUT2D eigenvalue weighted by Crippen LogP contribution is 2.42. The molecule has 2 bridgehead atoms. The Balaban J connectivity index is 1.68. The topological polar surface area (TPSA) is 72.9 Å². The van der Waals surface area contributed by atoms with Gasteiger partial charge in [-0.1, -0.05) is 42.0 Å². The van der Waals surface area contributed by atoms with Crippen molar-refractivity contribution < 1.29 is 22.7 Å². The molecule has 4 rings (SSSR count). The number of benzene rings is 2. The zero-order chi connectivity index (χ0) is 21.3. The number of hydrogen-bond acceptors (Lipinski definition) is 5. The van der Waals surface area contributed by atoms with Crippen molar-refractivity contribution >= 4 is 16.0 Å². The van der Waals surface area contributed by atoms with Gasteiger partial charge in [-0.05, 0) is 43.2 Å². The first-order valence-corrected chi connectivity index (χ1v) is 11.1. The second-order valence-corrected chi connectivity index (χ2v) is 9.22. The maximum atomic E-state index is 13.3. The SMILES string of the molecule is COC(=O)C1=C(COc2ccccc2)[C@@H]2C=CN(S(=O)(=O)c3ccc(C)cc3)[C@H]1C2. The maximum Gasteiger partial charge on any atom is 0.335 e. The predicted molar refractivity (Wildman–Crippen MR) is 112 cm³/mol. The zero-order valence-electron chi connectivity index (χ0n) is 16.8. The number of carbonyl (C=O) groups excluding carboxylic acids is 1. The molecule has 2 aliphatic rings. The largest absolute Gasteiger partial charge is 0.489 e. The summed E-state index contributed by atoms with van der Waals surface area (Å²) < 4.78 is 38.7. The fourth-order valence-corrected chi connectivity index (χ4v) is 5.43. The molecule has 1 heterocycles. The third kappa shape index (κ3) is 3.61. The van der Waals surface area contributed by atoms with Crippen molar-refractivity contribution in [2.45, 2.75) is 24.3 Å². The summed E-state index contributed by atoms with van der Waals surface area (Å²) in [4.78, 5) is 12.8. The molecule has 2 atom stereocenters. The van der Waals surface area contributed by atoms with Gasteiger partial charge < -0.3 is 9.47 Å². The van der Waals surface area contributed by atoms with Crippen LogP contribution in [0.5, 0.6) is 5.75 Å². The van der Waals surface area contributed by atoms with E-state index in [1.807, 2.05) is 43.3 Å². The molecule has 0 N–H and O–H groups in total. The van der Waals surface area contributed by atoms with E-state index in [-0.39, 0.29) is 17.4 Å². The standard InChI is InChI=1S/C23H23NO5S/c1-16-8-10-19(11-9-16)30(26,27)24-13-12-17-14-21(24)22(23(25)28-2)20(17)15-29-18-6-4-3-5-7-18/h3-13,17,21H,14-15H2,1-2H3/t17-,21+/m1/s1. The summed E-state index contributed by atoms with van der Waals surface area (Å²) in [6.07, 6.45) is 3.87. The van der Waals surface area contributed by atoms with E-state index in [1.165, 1.54) is 11.4 Å². The highest BCUT2D eigenvalue weighted by atomic mass is 32.2. The normalized spacial score (nSPS) is 20.4. The second-order valence-electron chi connectivity index (χ2n) is 7.38. The van der Waals surface area contributed by atoms with Crippen LogP contribution in [0.1, 0.15) is 12.0 Å². The van der Waals surface area contributed by atoms with Gasteiger partial charge >= 0.3 is 5.97 Å². The van der Waals surface area contributed by atoms with Crippen molar-refractivity contribution in [1.82, 2.24) is 4.31 Å². The summed E-state index contributed by atoms with van der Waals surface area (Å²) in [7, 11) is -2.51. The van der Waals surface area contributed by atoms with Crippen LogP contribution < -0.4 is 4.74 Å². The monoisotopic (exact) mass is 425 g/mol. The van der Waals surface area contributed by atoms with Gasteiger partial charge in [0.2, 0.25) is 0 Å². The Bertz CT molecular complexity index is 1100. The molecule has 0 saturated carbocycles. The Morgan fingerprint density at radius 1 is 1.10 bits per heavy atom. The maximum absolute atomic E-state index is 13.3. The number of sulfonamides is 1. The van der Waals surface area contributed by atoms with Crippen LogP contribution in [0.4, 0.5) is 0 Å². The Morgan fingerprint density at radius 2 is 1.80 bits per heavy atom. The van der Waals surface area contributed by atoms with Gasteiger partial charge in [-0.15, -0.1) is 0 Å². The number of nitrogens with zero attached hydrogens (tertiary/aromatic N) is 1. The van der Waals surface area contributed by atoms with Crippen LogP contribution in [-0.4, -0.2) is 38.5 Å². The third-order valence-corrected chi connectivity index (χ3v) is 7.31. The van der Waals surface area contributed by atoms with Gasteiger partial charge in [0, 0.05) is 12.1 Å². The summed E-state index contributed by atoms with van der Waals surface area (Å²) in [5, 5.41) is 0. The molecule has 1 aliphatic heterocycles. The first-order chi connectivity index (χ1) is 14.4. The molecule has 0 spiro atoms. The summed E-state index contributed by atoms with van der Waals surface area (Å²) in [6, 6.07) is 15.4. The molecule has 1 aliphatic carbocycles. The van der Waals surface area contributed by atoms with Gasteiger partial charge in [0.05, 0.1) is 23.6 Å². The van der Waals surface area contributed by atoms with Crippen LogP contribution in [-0.2, 0) is 19.6 Å². The number of rotatable bonds is 6. The second kappa shape index (κ2) is 7.99. The molecule has 0 fully saturated rings. The van der Waals surface area contributed by atoms with Gasteiger partial charge in [-0.2, -0.15) is 0 Å². The average Bonchev–Trinajstić information content (AvgIpc) is 3.03. The van der Waals surface area contributed by atoms with Gasteiger partial charge in [-0.3, -0.25) is 4.31 Å². The van der Waals surface area contributed by atoms with Gasteiger partial charge in [0.15, 0.2) is 0 Å². The van der Waals surface area contributed by atoms with E-state index in [9.17, 15) is 13.2 Å². The zero-order valence-corrected chi connectivity index (χ0v) is 17.6. The molecule has 6 nitrogen and oxygen atoms in total. The molecule has 0 aromatic heterocycles. The first kappa shape index (κ1) is 20.2. The Morgan fingerprint density at radius 3 is 2.47 bits per heavy atom. The molecule has 7 heteroatoms. The van der Waals surface area contributed by atoms with Crippen LogP contribution in [0, 0.1) is 12.8 Å². The number of hydrogen-bond donors (Lipinski definition) is 0. The smallest absolute Gasteiger partial charge is 0.335 e. The number of ether oxygens (including phenoxy) is 2. The lowest BCUT2D eigenvalue weighted by molar-refractivity contribution is -0.136. The molecule has 0 radical (unpaired) electrons. The lowest BCUT2D eigenvalue weighted by Crippen LogP contribution is -2.39. The summed E-state index contributed by atoms with van der Waals surface area (Å²) in [5.74, 6) is 0.0861. The summed E-state index contributed by atoms with van der Waals surface area (Å²) in [6.45, 7) is 2.09. The van der Waals surface area contributed by atoms with Crippen LogP contribution in [0.25, 0.3) is 0 Å². The van der Waals surface area contributed by atoms with Crippen molar-refractivity contribution in [2.75, 3.05) is 13.7 Å². The fourth-order valence-electron chi connectivity index (χ4n) is 3.95. The van der Waals surface area contributed by atoms with Crippen molar-refractivity contribution in [3.05, 3.63) is 83.6 Å². The van der Waals surface area contributed by atoms with Crippen LogP contribution in [0.2, 0.25) is 0 Å². The van der Waals surface area contributed by atoms with Crippen molar-refractivity contribution in [2.24, 2.45) is 5.92 Å².